The molecule has 0 aromatic heterocycles. The number of rotatable bonds is 8. The number of benzene rings is 3. The third-order valence-electron chi connectivity index (χ3n) is 4.71. The molecule has 30 heavy (non-hydrogen) atoms. The monoisotopic (exact) mass is 490 g/mol. The normalized spacial score (nSPS) is 12.6. The van der Waals surface area contributed by atoms with E-state index in [2.05, 4.69) is 26.0 Å². The summed E-state index contributed by atoms with van der Waals surface area (Å²) in [7, 11) is -2.25. The Hall–Kier alpha value is -2.26. The fourth-order valence-electron chi connectivity index (χ4n) is 3.04. The molecule has 0 bridgehead atoms. The quantitative estimate of drug-likeness (QED) is 0.467. The molecule has 3 aromatic rings. The summed E-state index contributed by atoms with van der Waals surface area (Å²) >= 11 is 3.34. The second kappa shape index (κ2) is 9.70. The van der Waals surface area contributed by atoms with Gasteiger partial charge < -0.3 is 10.1 Å². The highest BCUT2D eigenvalue weighted by Gasteiger charge is 2.20. The van der Waals surface area contributed by atoms with Gasteiger partial charge in [-0.1, -0.05) is 36.4 Å². The third-order valence-corrected chi connectivity index (χ3v) is 6.86. The zero-order chi connectivity index (χ0) is 21.7. The maximum absolute atomic E-state index is 12.9. The molecule has 8 heteroatoms. The summed E-state index contributed by atoms with van der Waals surface area (Å²) in [6.07, 6.45) is 0. The standard InChI is InChI=1S/C22H23BrN2O4S/c1-15(17-8-7-16-5-3-4-6-18(16)13-17)25-22(26)20-14-19(9-10-21(20)23)30(27,28)24-11-12-29-2/h3-10,13-15,24H,11-12H2,1-2H3,(H,25,26)/t15-/m1/s1. The fourth-order valence-corrected chi connectivity index (χ4v) is 4.51. The SMILES string of the molecule is COCCNS(=O)(=O)c1ccc(Br)c(C(=O)N[C@H](C)c2ccc3ccccc3c2)c1. The van der Waals surface area contributed by atoms with Crippen molar-refractivity contribution in [3.8, 4) is 0 Å². The topological polar surface area (TPSA) is 84.5 Å². The van der Waals surface area contributed by atoms with Gasteiger partial charge >= 0.3 is 0 Å². The minimum Gasteiger partial charge on any atom is -0.383 e. The molecule has 1 amide bonds. The molecule has 1 atom stereocenters. The van der Waals surface area contributed by atoms with E-state index in [1.54, 1.807) is 6.07 Å². The van der Waals surface area contributed by atoms with Crippen molar-refractivity contribution in [1.29, 1.82) is 0 Å². The first kappa shape index (κ1) is 22.4. The Balaban J connectivity index is 1.80. The van der Waals surface area contributed by atoms with Crippen LogP contribution in [0.2, 0.25) is 0 Å². The number of carbonyl (C=O) groups excluding carboxylic acids is 1. The number of ether oxygens (including phenoxy) is 1. The molecule has 0 aliphatic carbocycles. The van der Waals surface area contributed by atoms with E-state index in [0.29, 0.717) is 4.47 Å². The van der Waals surface area contributed by atoms with Gasteiger partial charge in [-0.2, -0.15) is 0 Å². The number of fused-ring (bicyclic) bond motifs is 1. The average molecular weight is 491 g/mol. The van der Waals surface area contributed by atoms with Crippen LogP contribution in [0.5, 0.6) is 0 Å². The zero-order valence-electron chi connectivity index (χ0n) is 16.7. The first-order valence-corrected chi connectivity index (χ1v) is 11.7. The van der Waals surface area contributed by atoms with Crippen LogP contribution in [0.4, 0.5) is 0 Å². The van der Waals surface area contributed by atoms with E-state index in [4.69, 9.17) is 4.74 Å². The Morgan fingerprint density at radius 1 is 1.07 bits per heavy atom. The zero-order valence-corrected chi connectivity index (χ0v) is 19.1. The van der Waals surface area contributed by atoms with Crippen LogP contribution in [-0.2, 0) is 14.8 Å². The van der Waals surface area contributed by atoms with Crippen LogP contribution < -0.4 is 10.0 Å². The number of amides is 1. The van der Waals surface area contributed by atoms with Crippen molar-refractivity contribution >= 4 is 42.6 Å². The second-order valence-corrected chi connectivity index (χ2v) is 9.46. The van der Waals surface area contributed by atoms with Gasteiger partial charge in [0, 0.05) is 18.1 Å². The number of carbonyl (C=O) groups is 1. The van der Waals surface area contributed by atoms with Gasteiger partial charge in [-0.15, -0.1) is 0 Å². The van der Waals surface area contributed by atoms with Crippen LogP contribution in [0, 0.1) is 0 Å². The molecule has 158 valence electrons. The summed E-state index contributed by atoms with van der Waals surface area (Å²) in [6, 6.07) is 18.1. The van der Waals surface area contributed by atoms with E-state index in [-0.39, 0.29) is 35.6 Å². The predicted octanol–water partition coefficient (Wildman–Crippen LogP) is 4.02. The molecule has 0 heterocycles. The van der Waals surface area contributed by atoms with Gasteiger partial charge in [-0.05, 0) is 63.5 Å². The molecule has 0 aliphatic heterocycles. The molecule has 3 rings (SSSR count). The minimum atomic E-state index is -3.74. The Labute approximate surface area is 184 Å². The number of nitrogens with one attached hydrogen (secondary N) is 2. The lowest BCUT2D eigenvalue weighted by Gasteiger charge is -2.16. The highest BCUT2D eigenvalue weighted by molar-refractivity contribution is 9.10. The number of hydrogen-bond donors (Lipinski definition) is 2. The van der Waals surface area contributed by atoms with Gasteiger partial charge in [0.25, 0.3) is 5.91 Å². The van der Waals surface area contributed by atoms with E-state index in [9.17, 15) is 13.2 Å². The largest absolute Gasteiger partial charge is 0.383 e. The average Bonchev–Trinajstić information content (AvgIpc) is 2.73. The first-order chi connectivity index (χ1) is 14.3. The Kier molecular flexibility index (Phi) is 7.25. The summed E-state index contributed by atoms with van der Waals surface area (Å²) in [5.41, 5.74) is 1.21. The summed E-state index contributed by atoms with van der Waals surface area (Å²) in [5, 5.41) is 5.16. The third kappa shape index (κ3) is 5.26. The molecular formula is C22H23BrN2O4S. The highest BCUT2D eigenvalue weighted by Crippen LogP contribution is 2.24. The van der Waals surface area contributed by atoms with Gasteiger partial charge in [0.15, 0.2) is 0 Å². The van der Waals surface area contributed by atoms with Crippen LogP contribution >= 0.6 is 15.9 Å². The lowest BCUT2D eigenvalue weighted by molar-refractivity contribution is 0.0939. The number of sulfonamides is 1. The lowest BCUT2D eigenvalue weighted by atomic mass is 10.0. The Morgan fingerprint density at radius 2 is 1.80 bits per heavy atom. The Morgan fingerprint density at radius 3 is 2.53 bits per heavy atom. The van der Waals surface area contributed by atoms with Crippen LogP contribution in [0.1, 0.15) is 28.9 Å². The van der Waals surface area contributed by atoms with Gasteiger partial charge in [0.05, 0.1) is 23.1 Å². The molecule has 0 fully saturated rings. The highest BCUT2D eigenvalue weighted by atomic mass is 79.9. The molecule has 0 spiro atoms. The van der Waals surface area contributed by atoms with Crippen molar-refractivity contribution in [3.05, 3.63) is 76.3 Å². The van der Waals surface area contributed by atoms with E-state index in [1.807, 2.05) is 49.4 Å². The van der Waals surface area contributed by atoms with Gasteiger partial charge in [-0.3, -0.25) is 4.79 Å². The Bertz CT molecular complexity index is 1160. The molecule has 0 saturated carbocycles. The van der Waals surface area contributed by atoms with Gasteiger partial charge in [0.2, 0.25) is 10.0 Å². The van der Waals surface area contributed by atoms with Crippen molar-refractivity contribution in [2.45, 2.75) is 17.9 Å². The lowest BCUT2D eigenvalue weighted by Crippen LogP contribution is -2.29. The summed E-state index contributed by atoms with van der Waals surface area (Å²) in [5.74, 6) is -0.364. The molecule has 0 aliphatic rings. The van der Waals surface area contributed by atoms with Crippen LogP contribution in [0.15, 0.2) is 70.0 Å². The molecule has 0 unspecified atom stereocenters. The van der Waals surface area contributed by atoms with Crippen LogP contribution in [0.25, 0.3) is 10.8 Å². The maximum Gasteiger partial charge on any atom is 0.252 e. The molecular weight excluding hydrogens is 468 g/mol. The van der Waals surface area contributed by atoms with E-state index in [0.717, 1.165) is 16.3 Å². The van der Waals surface area contributed by atoms with E-state index in [1.165, 1.54) is 19.2 Å². The molecule has 6 nitrogen and oxygen atoms in total. The van der Waals surface area contributed by atoms with Crippen LogP contribution in [-0.4, -0.2) is 34.6 Å². The van der Waals surface area contributed by atoms with Crippen molar-refractivity contribution in [1.82, 2.24) is 10.0 Å². The molecule has 2 N–H and O–H groups in total. The van der Waals surface area contributed by atoms with Crippen molar-refractivity contribution in [2.75, 3.05) is 20.3 Å². The fraction of sp³-hybridized carbons (Fsp3) is 0.227. The number of halogens is 1. The van der Waals surface area contributed by atoms with Crippen molar-refractivity contribution in [3.63, 3.8) is 0 Å². The number of methoxy groups -OCH3 is 1. The second-order valence-electron chi connectivity index (χ2n) is 6.83. The summed E-state index contributed by atoms with van der Waals surface area (Å²) in [4.78, 5) is 12.9. The molecule has 0 saturated heterocycles. The van der Waals surface area contributed by atoms with E-state index < -0.39 is 10.0 Å². The summed E-state index contributed by atoms with van der Waals surface area (Å²) in [6.45, 7) is 2.30. The van der Waals surface area contributed by atoms with Crippen molar-refractivity contribution in [2.24, 2.45) is 0 Å². The molecule has 3 aromatic carbocycles. The van der Waals surface area contributed by atoms with Crippen molar-refractivity contribution < 1.29 is 17.9 Å². The number of hydrogen-bond acceptors (Lipinski definition) is 4. The van der Waals surface area contributed by atoms with Crippen LogP contribution in [0.3, 0.4) is 0 Å². The maximum atomic E-state index is 12.9. The van der Waals surface area contributed by atoms with Gasteiger partial charge in [0.1, 0.15) is 0 Å². The molecule has 0 radical (unpaired) electrons. The minimum absolute atomic E-state index is 0.0188. The summed E-state index contributed by atoms with van der Waals surface area (Å²) < 4.78 is 32.7. The smallest absolute Gasteiger partial charge is 0.252 e. The first-order valence-electron chi connectivity index (χ1n) is 9.39. The van der Waals surface area contributed by atoms with Gasteiger partial charge in [-0.25, -0.2) is 13.1 Å². The predicted molar refractivity (Wildman–Crippen MR) is 121 cm³/mol. The van der Waals surface area contributed by atoms with E-state index >= 15 is 0 Å².